The number of carbonyl (C=O) groups excluding carboxylic acids is 1. The van der Waals surface area contributed by atoms with Crippen LogP contribution in [0.1, 0.15) is 50.3 Å². The Balaban J connectivity index is 1.29. The third kappa shape index (κ3) is 6.45. The third-order valence-electron chi connectivity index (χ3n) is 7.05. The van der Waals surface area contributed by atoms with Gasteiger partial charge in [-0.2, -0.15) is 0 Å². The number of aromatic nitrogens is 3. The highest BCUT2D eigenvalue weighted by Crippen LogP contribution is 2.36. The maximum absolute atomic E-state index is 13.4. The van der Waals surface area contributed by atoms with Crippen molar-refractivity contribution in [3.63, 3.8) is 0 Å². The largest absolute Gasteiger partial charge is 0.466 e. The van der Waals surface area contributed by atoms with Crippen molar-refractivity contribution >= 4 is 45.9 Å². The second kappa shape index (κ2) is 12.5. The molecule has 0 saturated carbocycles. The first kappa shape index (κ1) is 27.6. The number of thiazole rings is 1. The zero-order valence-corrected chi connectivity index (χ0v) is 24.2. The first-order chi connectivity index (χ1) is 18.9. The van der Waals surface area contributed by atoms with Gasteiger partial charge in [0.05, 0.1) is 18.0 Å². The van der Waals surface area contributed by atoms with Crippen LogP contribution in [0.3, 0.4) is 0 Å². The second-order valence-corrected chi connectivity index (χ2v) is 11.8. The number of esters is 1. The second-order valence-electron chi connectivity index (χ2n) is 9.74. The molecule has 0 radical (unpaired) electrons. The molecule has 0 aliphatic carbocycles. The summed E-state index contributed by atoms with van der Waals surface area (Å²) in [4.78, 5) is 22.8. The number of pyridine rings is 1. The number of aryl methyl sites for hydroxylation is 1. The third-order valence-corrected chi connectivity index (χ3v) is 9.17. The molecule has 10 heteroatoms. The Kier molecular flexibility index (Phi) is 8.84. The highest BCUT2D eigenvalue weighted by atomic mass is 32.2. The SMILES string of the molecule is CCc1nc2ccc(C3CCN(SCCCOC(C)=O)CC3)cn2c1N(C)c1nc(-c2ccc(F)cc2)cs1. The Hall–Kier alpha value is -2.95. The van der Waals surface area contributed by atoms with Crippen molar-refractivity contribution in [2.75, 3.05) is 37.4 Å². The molecule has 206 valence electrons. The molecule has 0 spiro atoms. The van der Waals surface area contributed by atoms with Gasteiger partial charge in [0.1, 0.15) is 17.3 Å². The summed E-state index contributed by atoms with van der Waals surface area (Å²) in [5.74, 6) is 2.05. The van der Waals surface area contributed by atoms with Crippen LogP contribution in [-0.4, -0.2) is 57.1 Å². The van der Waals surface area contributed by atoms with Gasteiger partial charge in [-0.25, -0.2) is 14.4 Å². The number of carbonyl (C=O) groups is 1. The quantitative estimate of drug-likeness (QED) is 0.120. The van der Waals surface area contributed by atoms with E-state index in [0.717, 1.165) is 78.1 Å². The van der Waals surface area contributed by atoms with Crippen molar-refractivity contribution in [1.82, 2.24) is 18.7 Å². The van der Waals surface area contributed by atoms with Crippen LogP contribution in [0.5, 0.6) is 0 Å². The maximum atomic E-state index is 13.4. The van der Waals surface area contributed by atoms with Gasteiger partial charge in [0.15, 0.2) is 5.13 Å². The van der Waals surface area contributed by atoms with Crippen LogP contribution in [0.25, 0.3) is 16.9 Å². The highest BCUT2D eigenvalue weighted by Gasteiger charge is 2.24. The predicted octanol–water partition coefficient (Wildman–Crippen LogP) is 6.71. The molecular weight excluding hydrogens is 533 g/mol. The van der Waals surface area contributed by atoms with Crippen LogP contribution in [0.2, 0.25) is 0 Å². The van der Waals surface area contributed by atoms with Crippen LogP contribution in [0.15, 0.2) is 48.0 Å². The first-order valence-corrected chi connectivity index (χ1v) is 15.2. The fraction of sp³-hybridized carbons (Fsp3) is 0.414. The van der Waals surface area contributed by atoms with Crippen molar-refractivity contribution < 1.29 is 13.9 Å². The van der Waals surface area contributed by atoms with Crippen molar-refractivity contribution in [3.8, 4) is 11.3 Å². The predicted molar refractivity (Wildman–Crippen MR) is 157 cm³/mol. The van der Waals surface area contributed by atoms with Gasteiger partial charge < -0.3 is 9.64 Å². The van der Waals surface area contributed by atoms with E-state index in [1.54, 1.807) is 23.5 Å². The van der Waals surface area contributed by atoms with Crippen LogP contribution < -0.4 is 4.90 Å². The summed E-state index contributed by atoms with van der Waals surface area (Å²) in [6.07, 6.45) is 6.17. The van der Waals surface area contributed by atoms with Gasteiger partial charge >= 0.3 is 5.97 Å². The fourth-order valence-electron chi connectivity index (χ4n) is 4.98. The average Bonchev–Trinajstić information content (AvgIpc) is 3.58. The van der Waals surface area contributed by atoms with Crippen LogP contribution in [0.4, 0.5) is 15.3 Å². The molecule has 1 fully saturated rings. The molecule has 0 atom stereocenters. The first-order valence-electron chi connectivity index (χ1n) is 13.4. The molecule has 1 aromatic carbocycles. The molecule has 0 amide bonds. The number of piperidine rings is 1. The Morgan fingerprint density at radius 2 is 1.95 bits per heavy atom. The van der Waals surface area contributed by atoms with Crippen LogP contribution >= 0.6 is 23.3 Å². The van der Waals surface area contributed by atoms with Crippen molar-refractivity contribution in [1.29, 1.82) is 0 Å². The number of ether oxygens (including phenoxy) is 1. The summed E-state index contributed by atoms with van der Waals surface area (Å²) < 4.78 is 23.1. The minimum Gasteiger partial charge on any atom is -0.466 e. The number of nitrogens with zero attached hydrogens (tertiary/aromatic N) is 5. The summed E-state index contributed by atoms with van der Waals surface area (Å²) in [5, 5.41) is 2.89. The van der Waals surface area contributed by atoms with E-state index in [4.69, 9.17) is 14.7 Å². The summed E-state index contributed by atoms with van der Waals surface area (Å²) in [7, 11) is 2.04. The molecule has 3 aromatic heterocycles. The van der Waals surface area contributed by atoms with E-state index in [1.165, 1.54) is 24.6 Å². The molecule has 1 saturated heterocycles. The van der Waals surface area contributed by atoms with E-state index in [-0.39, 0.29) is 11.8 Å². The standard InChI is InChI=1S/C29H34FN5O2S2/c1-4-25-28(33(3)29-32-26(19-38-29)22-6-9-24(30)10-7-22)35-18-23(8-11-27(35)31-25)21-12-14-34(15-13-21)39-17-5-16-37-20(2)36/h6-11,18-19,21H,4-5,12-17H2,1-3H3. The Labute approximate surface area is 237 Å². The zero-order chi connectivity index (χ0) is 27.4. The van der Waals surface area contributed by atoms with Gasteiger partial charge in [-0.05, 0) is 67.5 Å². The summed E-state index contributed by atoms with van der Waals surface area (Å²) in [5.41, 5.74) is 5.05. The number of fused-ring (bicyclic) bond motifs is 1. The molecule has 39 heavy (non-hydrogen) atoms. The molecule has 0 bridgehead atoms. The van der Waals surface area contributed by atoms with Crippen LogP contribution in [-0.2, 0) is 16.0 Å². The van der Waals surface area contributed by atoms with E-state index < -0.39 is 0 Å². The number of benzene rings is 1. The fourth-order valence-corrected chi connectivity index (χ4v) is 6.76. The number of halogens is 1. The number of imidazole rings is 1. The van der Waals surface area contributed by atoms with Crippen LogP contribution in [0, 0.1) is 5.82 Å². The topological polar surface area (TPSA) is 63.0 Å². The number of hydrogen-bond donors (Lipinski definition) is 0. The van der Waals surface area contributed by atoms with Gasteiger partial charge in [0.25, 0.3) is 0 Å². The normalized spacial score (nSPS) is 14.7. The number of hydrogen-bond acceptors (Lipinski definition) is 8. The zero-order valence-electron chi connectivity index (χ0n) is 22.6. The van der Waals surface area contributed by atoms with E-state index in [9.17, 15) is 9.18 Å². The molecule has 5 rings (SSSR count). The maximum Gasteiger partial charge on any atom is 0.302 e. The molecule has 7 nitrogen and oxygen atoms in total. The van der Waals surface area contributed by atoms with E-state index in [1.807, 2.05) is 24.4 Å². The van der Waals surface area contributed by atoms with E-state index in [0.29, 0.717) is 12.5 Å². The lowest BCUT2D eigenvalue weighted by Gasteiger charge is -2.31. The molecule has 4 heterocycles. The number of rotatable bonds is 10. The van der Waals surface area contributed by atoms with Crippen molar-refractivity contribution in [3.05, 3.63) is 65.0 Å². The molecule has 1 aliphatic heterocycles. The Morgan fingerprint density at radius 3 is 2.67 bits per heavy atom. The summed E-state index contributed by atoms with van der Waals surface area (Å²) >= 11 is 3.43. The lowest BCUT2D eigenvalue weighted by Crippen LogP contribution is -2.28. The summed E-state index contributed by atoms with van der Waals surface area (Å²) in [6.45, 7) is 6.17. The Bertz CT molecular complexity index is 1410. The van der Waals surface area contributed by atoms with Gasteiger partial charge in [-0.3, -0.25) is 13.5 Å². The lowest BCUT2D eigenvalue weighted by atomic mass is 9.91. The minimum atomic E-state index is -0.249. The molecular formula is C29H34FN5O2S2. The van der Waals surface area contributed by atoms with Crippen molar-refractivity contribution in [2.24, 2.45) is 0 Å². The summed E-state index contributed by atoms with van der Waals surface area (Å²) in [6, 6.07) is 10.8. The molecule has 0 N–H and O–H groups in total. The van der Waals surface area contributed by atoms with Gasteiger partial charge in [-0.15, -0.1) is 11.3 Å². The van der Waals surface area contributed by atoms with E-state index >= 15 is 0 Å². The minimum absolute atomic E-state index is 0.211. The number of anilines is 2. The monoisotopic (exact) mass is 567 g/mol. The molecule has 1 aliphatic rings. The van der Waals surface area contributed by atoms with Crippen molar-refractivity contribution in [2.45, 2.75) is 45.4 Å². The van der Waals surface area contributed by atoms with Gasteiger partial charge in [0, 0.05) is 50.0 Å². The lowest BCUT2D eigenvalue weighted by molar-refractivity contribution is -0.140. The smallest absolute Gasteiger partial charge is 0.302 e. The highest BCUT2D eigenvalue weighted by molar-refractivity contribution is 7.97. The Morgan fingerprint density at radius 1 is 1.18 bits per heavy atom. The van der Waals surface area contributed by atoms with E-state index in [2.05, 4.69) is 38.9 Å². The average molecular weight is 568 g/mol. The molecule has 4 aromatic rings. The van der Waals surface area contributed by atoms with Gasteiger partial charge in [-0.1, -0.05) is 24.9 Å². The molecule has 0 unspecified atom stereocenters. The van der Waals surface area contributed by atoms with Gasteiger partial charge in [0.2, 0.25) is 0 Å².